The molecule has 0 saturated carbocycles. The Hall–Kier alpha value is -0.200. The smallest absolute Gasteiger partial charge is 0.326 e. The molecule has 0 radical (unpaired) electrons. The maximum absolute atomic E-state index is 11.7. The normalized spacial score (nSPS) is 15.7. The van der Waals surface area contributed by atoms with E-state index in [0.717, 1.165) is 16.5 Å². The van der Waals surface area contributed by atoms with E-state index in [2.05, 4.69) is 0 Å². The van der Waals surface area contributed by atoms with Gasteiger partial charge in [-0.25, -0.2) is 0 Å². The summed E-state index contributed by atoms with van der Waals surface area (Å²) in [6.07, 6.45) is 0.668. The van der Waals surface area contributed by atoms with Crippen LogP contribution in [0.5, 0.6) is 0 Å². The van der Waals surface area contributed by atoms with E-state index >= 15 is 0 Å². The molecule has 6 heteroatoms. The maximum atomic E-state index is 11.7. The monoisotopic (exact) mass is 339 g/mol. The van der Waals surface area contributed by atoms with E-state index in [1.807, 2.05) is 32.6 Å². The number of esters is 1. The predicted octanol–water partition coefficient (Wildman–Crippen LogP) is 2.53. The first-order chi connectivity index (χ1) is 7.83. The van der Waals surface area contributed by atoms with Crippen molar-refractivity contribution in [2.45, 2.75) is 39.7 Å². The predicted molar refractivity (Wildman–Crippen MR) is 79.7 cm³/mol. The van der Waals surface area contributed by atoms with E-state index < -0.39 is 5.60 Å². The molecular formula is C12H22BrNO3S. The van der Waals surface area contributed by atoms with Crippen LogP contribution in [0.4, 0.5) is 0 Å². The Morgan fingerprint density at radius 2 is 2.11 bits per heavy atom. The van der Waals surface area contributed by atoms with E-state index in [-0.39, 0.29) is 36.1 Å². The molecule has 0 saturated heterocycles. The van der Waals surface area contributed by atoms with Crippen molar-refractivity contribution in [3.05, 3.63) is 10.6 Å². The summed E-state index contributed by atoms with van der Waals surface area (Å²) in [6.45, 7) is 8.01. The number of nitrogens with zero attached hydrogens (tertiary/aromatic N) is 1. The summed E-state index contributed by atoms with van der Waals surface area (Å²) in [5.41, 5.74) is 0.644. The van der Waals surface area contributed by atoms with Gasteiger partial charge in [0.25, 0.3) is 0 Å². The summed E-state index contributed by atoms with van der Waals surface area (Å²) in [7, 11) is 0. The molecule has 0 spiro atoms. The van der Waals surface area contributed by atoms with Crippen LogP contribution in [-0.2, 0) is 9.53 Å². The minimum Gasteiger partial charge on any atom is -0.459 e. The Balaban J connectivity index is 0.00000289. The minimum absolute atomic E-state index is 0. The van der Waals surface area contributed by atoms with Crippen LogP contribution in [-0.4, -0.2) is 40.6 Å². The first-order valence-corrected chi connectivity index (χ1v) is 6.72. The second-order valence-electron chi connectivity index (χ2n) is 5.04. The zero-order valence-corrected chi connectivity index (χ0v) is 13.9. The van der Waals surface area contributed by atoms with Crippen LogP contribution in [0, 0.1) is 0 Å². The fourth-order valence-electron chi connectivity index (χ4n) is 1.58. The first kappa shape index (κ1) is 17.8. The average Bonchev–Trinajstić information content (AvgIpc) is 2.47. The number of hydrogen-bond donors (Lipinski definition) is 1. The number of carbonyl (C=O) groups is 1. The number of thioether (sulfide) groups is 1. The molecule has 0 aromatic rings. The van der Waals surface area contributed by atoms with E-state index in [1.54, 1.807) is 11.8 Å². The molecule has 1 rings (SSSR count). The highest BCUT2D eigenvalue weighted by molar-refractivity contribution is 8.93. The van der Waals surface area contributed by atoms with Gasteiger partial charge in [-0.2, -0.15) is 0 Å². The number of allylic oxidation sites excluding steroid dienone is 1. The van der Waals surface area contributed by atoms with Gasteiger partial charge in [-0.15, -0.1) is 28.7 Å². The summed E-state index contributed by atoms with van der Waals surface area (Å²) >= 11 is 1.68. The van der Waals surface area contributed by atoms with Crippen molar-refractivity contribution in [3.8, 4) is 0 Å². The van der Waals surface area contributed by atoms with Crippen molar-refractivity contribution in [2.24, 2.45) is 0 Å². The lowest BCUT2D eigenvalue weighted by atomic mass is 10.2. The summed E-state index contributed by atoms with van der Waals surface area (Å²) < 4.78 is 5.28. The van der Waals surface area contributed by atoms with Gasteiger partial charge >= 0.3 is 5.97 Å². The van der Waals surface area contributed by atoms with E-state index in [9.17, 15) is 4.79 Å². The summed E-state index contributed by atoms with van der Waals surface area (Å²) in [4.78, 5) is 14.8. The fourth-order valence-corrected chi connectivity index (χ4v) is 2.75. The number of halogens is 1. The number of aliphatic hydroxyl groups is 1. The van der Waals surface area contributed by atoms with Gasteiger partial charge in [0.1, 0.15) is 12.1 Å². The average molecular weight is 340 g/mol. The molecule has 0 bridgehead atoms. The lowest BCUT2D eigenvalue weighted by Gasteiger charge is -2.23. The highest BCUT2D eigenvalue weighted by atomic mass is 79.9. The molecule has 1 aliphatic rings. The molecule has 0 atom stereocenters. The van der Waals surface area contributed by atoms with Crippen LogP contribution in [0.15, 0.2) is 10.6 Å². The van der Waals surface area contributed by atoms with Crippen LogP contribution < -0.4 is 0 Å². The molecule has 1 aliphatic heterocycles. The molecule has 4 nitrogen and oxygen atoms in total. The van der Waals surface area contributed by atoms with Gasteiger partial charge in [0.15, 0.2) is 0 Å². The van der Waals surface area contributed by atoms with Crippen molar-refractivity contribution in [1.29, 1.82) is 0 Å². The van der Waals surface area contributed by atoms with Crippen molar-refractivity contribution in [3.63, 3.8) is 0 Å². The van der Waals surface area contributed by atoms with Crippen LogP contribution in [0.2, 0.25) is 0 Å². The van der Waals surface area contributed by atoms with E-state index in [0.29, 0.717) is 6.42 Å². The first-order valence-electron chi connectivity index (χ1n) is 5.73. The maximum Gasteiger partial charge on any atom is 0.326 e. The van der Waals surface area contributed by atoms with Gasteiger partial charge < -0.3 is 14.7 Å². The van der Waals surface area contributed by atoms with E-state index in [4.69, 9.17) is 9.84 Å². The minimum atomic E-state index is -0.435. The number of aliphatic hydroxyl groups excluding tert-OH is 1. The summed E-state index contributed by atoms with van der Waals surface area (Å²) in [5, 5.41) is 8.91. The third-order valence-electron chi connectivity index (χ3n) is 2.35. The molecule has 1 N–H and O–H groups in total. The Morgan fingerprint density at radius 3 is 2.61 bits per heavy atom. The zero-order valence-electron chi connectivity index (χ0n) is 11.4. The number of hydrogen-bond acceptors (Lipinski definition) is 5. The Labute approximate surface area is 124 Å². The zero-order chi connectivity index (χ0) is 13.1. The van der Waals surface area contributed by atoms with Crippen molar-refractivity contribution in [1.82, 2.24) is 4.90 Å². The molecule has 0 aliphatic carbocycles. The second-order valence-corrected chi connectivity index (χ2v) is 6.08. The lowest BCUT2D eigenvalue weighted by molar-refractivity contribution is -0.155. The lowest BCUT2D eigenvalue weighted by Crippen LogP contribution is -2.32. The molecule has 0 aromatic heterocycles. The standard InChI is InChI=1S/C12H21NO3S.BrH/c1-9-10(5-6-14)17-8-13(9)7-11(15)16-12(2,3)4;/h14H,5-8H2,1-4H3;1H. The largest absolute Gasteiger partial charge is 0.459 e. The third kappa shape index (κ3) is 5.63. The van der Waals surface area contributed by atoms with Crippen molar-refractivity contribution < 1.29 is 14.6 Å². The van der Waals surface area contributed by atoms with Gasteiger partial charge in [-0.1, -0.05) is 0 Å². The van der Waals surface area contributed by atoms with Gasteiger partial charge in [-0.05, 0) is 27.7 Å². The molecule has 106 valence electrons. The Bertz CT molecular complexity index is 326. The van der Waals surface area contributed by atoms with Gasteiger partial charge in [0, 0.05) is 23.6 Å². The van der Waals surface area contributed by atoms with Gasteiger partial charge in [0.2, 0.25) is 0 Å². The molecule has 1 heterocycles. The SMILES string of the molecule is Br.CC1=C(CCO)SCN1CC(=O)OC(C)(C)C. The van der Waals surface area contributed by atoms with Crippen LogP contribution in [0.1, 0.15) is 34.1 Å². The quantitative estimate of drug-likeness (QED) is 0.797. The fraction of sp³-hybridized carbons (Fsp3) is 0.750. The topological polar surface area (TPSA) is 49.8 Å². The number of rotatable bonds is 4. The third-order valence-corrected chi connectivity index (χ3v) is 3.64. The molecule has 0 aromatic carbocycles. The van der Waals surface area contributed by atoms with Gasteiger partial charge in [0.05, 0.1) is 5.88 Å². The molecular weight excluding hydrogens is 318 g/mol. The second kappa shape index (κ2) is 7.40. The molecule has 0 unspecified atom stereocenters. The van der Waals surface area contributed by atoms with E-state index in [1.165, 1.54) is 0 Å². The van der Waals surface area contributed by atoms with Crippen LogP contribution >= 0.6 is 28.7 Å². The Morgan fingerprint density at radius 1 is 1.50 bits per heavy atom. The van der Waals surface area contributed by atoms with Crippen LogP contribution in [0.25, 0.3) is 0 Å². The Kier molecular flexibility index (Phi) is 7.32. The summed E-state index contributed by atoms with van der Waals surface area (Å²) in [6, 6.07) is 0. The highest BCUT2D eigenvalue weighted by Gasteiger charge is 2.24. The highest BCUT2D eigenvalue weighted by Crippen LogP contribution is 2.33. The van der Waals surface area contributed by atoms with Crippen molar-refractivity contribution >= 4 is 34.7 Å². The van der Waals surface area contributed by atoms with Crippen molar-refractivity contribution in [2.75, 3.05) is 19.0 Å². The number of ether oxygens (including phenoxy) is 1. The molecule has 0 fully saturated rings. The summed E-state index contributed by atoms with van der Waals surface area (Å²) in [5.74, 6) is 0.558. The van der Waals surface area contributed by atoms with Gasteiger partial charge in [-0.3, -0.25) is 4.79 Å². The number of carbonyl (C=O) groups excluding carboxylic acids is 1. The van der Waals surface area contributed by atoms with Crippen LogP contribution in [0.3, 0.4) is 0 Å². The molecule has 0 amide bonds. The molecule has 18 heavy (non-hydrogen) atoms.